The van der Waals surface area contributed by atoms with Crippen LogP contribution in [-0.2, 0) is 12.3 Å². The van der Waals surface area contributed by atoms with Crippen molar-refractivity contribution in [3.63, 3.8) is 0 Å². The Balaban J connectivity index is 4.59. The smallest absolute Gasteiger partial charge is 0.315 e. The topological polar surface area (TPSA) is 27.7 Å². The van der Waals surface area contributed by atoms with Gasteiger partial charge < -0.3 is 12.3 Å². The molecule has 0 fully saturated rings. The molecule has 0 N–H and O–H groups in total. The van der Waals surface area contributed by atoms with Crippen molar-refractivity contribution in [1.29, 1.82) is 0 Å². The minimum Gasteiger partial charge on any atom is -0.437 e. The van der Waals surface area contributed by atoms with Crippen molar-refractivity contribution in [3.05, 3.63) is 0 Å². The lowest BCUT2D eigenvalue weighted by atomic mass is 10.1. The van der Waals surface area contributed by atoms with Crippen molar-refractivity contribution in [2.24, 2.45) is 0 Å². The van der Waals surface area contributed by atoms with Crippen molar-refractivity contribution in [1.82, 2.24) is 0 Å². The van der Waals surface area contributed by atoms with Crippen LogP contribution in [0.5, 0.6) is 0 Å². The lowest BCUT2D eigenvalue weighted by Gasteiger charge is -2.41. The highest BCUT2D eigenvalue weighted by atomic mass is 28.5. The molecule has 0 radical (unpaired) electrons. The second kappa shape index (κ2) is 11.7. The van der Waals surface area contributed by atoms with Crippen molar-refractivity contribution < 1.29 is 12.3 Å². The molecule has 3 nitrogen and oxygen atoms in total. The molecule has 0 aromatic rings. The summed E-state index contributed by atoms with van der Waals surface area (Å²) in [6, 6.07) is 1.11. The van der Waals surface area contributed by atoms with E-state index in [4.69, 9.17) is 12.3 Å². The highest BCUT2D eigenvalue weighted by Crippen LogP contribution is 2.28. The van der Waals surface area contributed by atoms with Crippen molar-refractivity contribution >= 4 is 33.8 Å². The van der Waals surface area contributed by atoms with Crippen LogP contribution in [0, 0.1) is 0 Å². The van der Waals surface area contributed by atoms with E-state index in [2.05, 4.69) is 65.8 Å². The molecule has 0 bridgehead atoms. The molecule has 0 heterocycles. The normalized spacial score (nSPS) is 15.9. The lowest BCUT2D eigenvalue weighted by Crippen LogP contribution is -2.56. The number of unbranched alkanes of at least 4 members (excludes halogenated alkanes) is 7. The van der Waals surface area contributed by atoms with Crippen molar-refractivity contribution in [2.45, 2.75) is 123 Å². The minimum atomic E-state index is -2.18. The summed E-state index contributed by atoms with van der Waals surface area (Å²) in [5, 5.41) is 0. The van der Waals surface area contributed by atoms with E-state index in [1.54, 1.807) is 0 Å². The predicted octanol–water partition coefficient (Wildman–Crippen LogP) is 7.62. The first-order valence-electron chi connectivity index (χ1n) is 10.8. The summed E-state index contributed by atoms with van der Waals surface area (Å²) in [4.78, 5) is 0. The molecule has 0 spiro atoms. The zero-order valence-corrected chi connectivity index (χ0v) is 23.6. The Morgan fingerprint density at radius 3 is 1.35 bits per heavy atom. The Morgan fingerprint density at radius 2 is 0.923 bits per heavy atom. The Morgan fingerprint density at radius 1 is 0.500 bits per heavy atom. The molecule has 0 aromatic heterocycles. The molecule has 0 aromatic carbocycles. The fourth-order valence-corrected chi connectivity index (χ4v) is 21.7. The number of rotatable bonds is 15. The van der Waals surface area contributed by atoms with E-state index in [-0.39, 0.29) is 0 Å². The van der Waals surface area contributed by atoms with Gasteiger partial charge in [-0.3, -0.25) is 0 Å². The second-order valence-electron chi connectivity index (χ2n) is 10.3. The zero-order chi connectivity index (χ0) is 20.5. The van der Waals surface area contributed by atoms with E-state index < -0.39 is 33.8 Å². The van der Waals surface area contributed by atoms with Gasteiger partial charge in [0, 0.05) is 0 Å². The molecule has 1 unspecified atom stereocenters. The Hall–Kier alpha value is 0.748. The Kier molecular flexibility index (Phi) is 12.0. The van der Waals surface area contributed by atoms with Crippen LogP contribution in [0.2, 0.25) is 65.0 Å². The maximum Gasteiger partial charge on any atom is 0.315 e. The molecule has 1 atom stereocenters. The van der Waals surface area contributed by atoms with Gasteiger partial charge in [0.2, 0.25) is 0 Å². The zero-order valence-electron chi connectivity index (χ0n) is 19.6. The fourth-order valence-electron chi connectivity index (χ4n) is 3.63. The summed E-state index contributed by atoms with van der Waals surface area (Å²) in [6.45, 7) is 22.6. The first kappa shape index (κ1) is 26.7. The molecular formula is C19H48O3Si4. The molecule has 0 saturated carbocycles. The first-order chi connectivity index (χ1) is 11.7. The summed E-state index contributed by atoms with van der Waals surface area (Å²) < 4.78 is 19.8. The van der Waals surface area contributed by atoms with Gasteiger partial charge in [-0.25, -0.2) is 0 Å². The van der Waals surface area contributed by atoms with Crippen LogP contribution in [0.1, 0.15) is 58.3 Å². The SMILES string of the molecule is CCCCCCCCCC[Si](C)(O[Si](C)(C)C)O[Si](C)(C)O[Si](C)(C)C. The molecule has 0 aliphatic rings. The molecule has 0 saturated heterocycles. The summed E-state index contributed by atoms with van der Waals surface area (Å²) in [5.41, 5.74) is 0. The summed E-state index contributed by atoms with van der Waals surface area (Å²) >= 11 is 0. The van der Waals surface area contributed by atoms with Crippen LogP contribution >= 0.6 is 0 Å². The molecule has 26 heavy (non-hydrogen) atoms. The van der Waals surface area contributed by atoms with Gasteiger partial charge in [-0.05, 0) is 65.0 Å². The number of hydrogen-bond donors (Lipinski definition) is 0. The molecular weight excluding hydrogens is 389 g/mol. The molecule has 0 rings (SSSR count). The van der Waals surface area contributed by atoms with E-state index in [0.717, 1.165) is 6.04 Å². The third-order valence-electron chi connectivity index (χ3n) is 4.02. The quantitative estimate of drug-likeness (QED) is 0.195. The molecule has 158 valence electrons. The molecule has 0 aliphatic carbocycles. The van der Waals surface area contributed by atoms with Gasteiger partial charge in [-0.2, -0.15) is 0 Å². The van der Waals surface area contributed by atoms with E-state index in [1.165, 1.54) is 51.4 Å². The van der Waals surface area contributed by atoms with E-state index in [0.29, 0.717) is 0 Å². The van der Waals surface area contributed by atoms with Crippen molar-refractivity contribution in [2.75, 3.05) is 0 Å². The van der Waals surface area contributed by atoms with E-state index in [9.17, 15) is 0 Å². The van der Waals surface area contributed by atoms with Crippen LogP contribution in [-0.4, -0.2) is 33.8 Å². The number of hydrogen-bond acceptors (Lipinski definition) is 3. The van der Waals surface area contributed by atoms with Crippen molar-refractivity contribution in [3.8, 4) is 0 Å². The summed E-state index contributed by atoms with van der Waals surface area (Å²) in [7, 11) is -7.55. The lowest BCUT2D eigenvalue weighted by molar-refractivity contribution is 0.322. The first-order valence-corrected chi connectivity index (χ1v) is 22.9. The van der Waals surface area contributed by atoms with E-state index in [1.807, 2.05) is 0 Å². The van der Waals surface area contributed by atoms with Crippen LogP contribution in [0.4, 0.5) is 0 Å². The van der Waals surface area contributed by atoms with Crippen LogP contribution in [0.15, 0.2) is 0 Å². The van der Waals surface area contributed by atoms with Gasteiger partial charge in [-0.1, -0.05) is 58.3 Å². The predicted molar refractivity (Wildman–Crippen MR) is 126 cm³/mol. The fraction of sp³-hybridized carbons (Fsp3) is 1.00. The monoisotopic (exact) mass is 436 g/mol. The Labute approximate surface area is 169 Å². The van der Waals surface area contributed by atoms with Crippen LogP contribution < -0.4 is 0 Å². The maximum atomic E-state index is 6.74. The molecule has 0 amide bonds. The summed E-state index contributed by atoms with van der Waals surface area (Å²) in [6.07, 6.45) is 10.8. The highest BCUT2D eigenvalue weighted by Gasteiger charge is 2.43. The van der Waals surface area contributed by atoms with Crippen LogP contribution in [0.3, 0.4) is 0 Å². The van der Waals surface area contributed by atoms with Gasteiger partial charge in [0.25, 0.3) is 0 Å². The largest absolute Gasteiger partial charge is 0.437 e. The van der Waals surface area contributed by atoms with Gasteiger partial charge in [0.05, 0.1) is 0 Å². The average molecular weight is 437 g/mol. The average Bonchev–Trinajstić information content (AvgIpc) is 2.35. The van der Waals surface area contributed by atoms with Gasteiger partial charge in [0.1, 0.15) is 0 Å². The van der Waals surface area contributed by atoms with Crippen LogP contribution in [0.25, 0.3) is 0 Å². The maximum absolute atomic E-state index is 6.74. The summed E-state index contributed by atoms with van der Waals surface area (Å²) in [5.74, 6) is 0. The third-order valence-corrected chi connectivity index (χ3v) is 17.6. The van der Waals surface area contributed by atoms with Gasteiger partial charge in [0.15, 0.2) is 16.6 Å². The standard InChI is InChI=1S/C19H48O3Si4/c1-11-12-13-14-15-16-17-18-19-26(10,21-24(5,6)7)22-25(8,9)20-23(2,3)4/h11-19H2,1-10H3. The highest BCUT2D eigenvalue weighted by molar-refractivity contribution is 6.89. The third kappa shape index (κ3) is 15.8. The minimum absolute atomic E-state index is 1.11. The molecule has 0 aliphatic heterocycles. The Bertz CT molecular complexity index is 378. The van der Waals surface area contributed by atoms with E-state index >= 15 is 0 Å². The molecule has 7 heteroatoms. The van der Waals surface area contributed by atoms with Gasteiger partial charge >= 0.3 is 17.1 Å². The second-order valence-corrected chi connectivity index (χ2v) is 26.8. The van der Waals surface area contributed by atoms with Gasteiger partial charge in [-0.15, -0.1) is 0 Å².